The largest absolute Gasteiger partial charge is 0.461 e. The molecule has 2 rings (SSSR count). The van der Waals surface area contributed by atoms with E-state index in [2.05, 4.69) is 10.2 Å². The van der Waals surface area contributed by atoms with E-state index in [0.29, 0.717) is 0 Å². The molecule has 2 aromatic heterocycles. The molecule has 0 aliphatic carbocycles. The standard InChI is InChI=1S/C7H7N3O/c1-10-5-8-9-7(10)6-3-2-4-11-6/h2-5H,1H3. The lowest BCUT2D eigenvalue weighted by Crippen LogP contribution is -1.88. The van der Waals surface area contributed by atoms with Gasteiger partial charge < -0.3 is 8.98 Å². The van der Waals surface area contributed by atoms with E-state index >= 15 is 0 Å². The molecule has 0 amide bonds. The van der Waals surface area contributed by atoms with Crippen LogP contribution in [0.5, 0.6) is 0 Å². The Kier molecular flexibility index (Phi) is 1.25. The summed E-state index contributed by atoms with van der Waals surface area (Å²) in [5.41, 5.74) is 0. The third-order valence-electron chi connectivity index (χ3n) is 1.45. The van der Waals surface area contributed by atoms with Crippen LogP contribution in [0.2, 0.25) is 0 Å². The normalized spacial score (nSPS) is 10.3. The first-order chi connectivity index (χ1) is 5.38. The molecule has 11 heavy (non-hydrogen) atoms. The first-order valence-corrected chi connectivity index (χ1v) is 3.26. The molecule has 0 aromatic carbocycles. The van der Waals surface area contributed by atoms with Gasteiger partial charge in [0.2, 0.25) is 0 Å². The number of hydrogen-bond acceptors (Lipinski definition) is 3. The zero-order valence-corrected chi connectivity index (χ0v) is 6.06. The highest BCUT2D eigenvalue weighted by Gasteiger charge is 2.05. The summed E-state index contributed by atoms with van der Waals surface area (Å²) in [6.07, 6.45) is 3.25. The molecule has 0 N–H and O–H groups in total. The maximum Gasteiger partial charge on any atom is 0.199 e. The molecule has 0 aliphatic rings. The smallest absolute Gasteiger partial charge is 0.199 e. The summed E-state index contributed by atoms with van der Waals surface area (Å²) in [4.78, 5) is 0. The maximum absolute atomic E-state index is 5.14. The Labute approximate surface area is 63.5 Å². The van der Waals surface area contributed by atoms with Gasteiger partial charge in [0, 0.05) is 7.05 Å². The van der Waals surface area contributed by atoms with Crippen molar-refractivity contribution in [2.75, 3.05) is 0 Å². The van der Waals surface area contributed by atoms with Crippen LogP contribution < -0.4 is 0 Å². The first-order valence-electron chi connectivity index (χ1n) is 3.26. The Morgan fingerprint density at radius 3 is 3.00 bits per heavy atom. The van der Waals surface area contributed by atoms with Gasteiger partial charge in [-0.15, -0.1) is 10.2 Å². The van der Waals surface area contributed by atoms with E-state index in [9.17, 15) is 0 Å². The average Bonchev–Trinajstić information content (AvgIpc) is 2.55. The Balaban J connectivity index is 2.53. The molecule has 2 heterocycles. The molecule has 0 aliphatic heterocycles. The Bertz CT molecular complexity index is 336. The van der Waals surface area contributed by atoms with Crippen LogP contribution in [0.1, 0.15) is 0 Å². The summed E-state index contributed by atoms with van der Waals surface area (Å²) < 4.78 is 6.94. The summed E-state index contributed by atoms with van der Waals surface area (Å²) in [5.74, 6) is 1.49. The van der Waals surface area contributed by atoms with Gasteiger partial charge in [-0.2, -0.15) is 0 Å². The number of aromatic nitrogens is 3. The van der Waals surface area contributed by atoms with Gasteiger partial charge in [-0.1, -0.05) is 0 Å². The maximum atomic E-state index is 5.14. The molecule has 0 fully saturated rings. The molecule has 4 nitrogen and oxygen atoms in total. The van der Waals surface area contributed by atoms with Crippen molar-refractivity contribution in [1.82, 2.24) is 14.8 Å². The predicted octanol–water partition coefficient (Wildman–Crippen LogP) is 1.08. The minimum absolute atomic E-state index is 0.741. The van der Waals surface area contributed by atoms with E-state index in [1.165, 1.54) is 0 Å². The van der Waals surface area contributed by atoms with Crippen molar-refractivity contribution in [2.45, 2.75) is 0 Å². The summed E-state index contributed by atoms with van der Waals surface area (Å²) in [5, 5.41) is 7.61. The number of rotatable bonds is 1. The van der Waals surface area contributed by atoms with Crippen molar-refractivity contribution < 1.29 is 4.42 Å². The van der Waals surface area contributed by atoms with Crippen molar-refractivity contribution >= 4 is 0 Å². The Morgan fingerprint density at radius 1 is 1.55 bits per heavy atom. The van der Waals surface area contributed by atoms with Crippen LogP contribution in [-0.2, 0) is 7.05 Å². The number of nitrogens with zero attached hydrogens (tertiary/aromatic N) is 3. The second-order valence-electron chi connectivity index (χ2n) is 2.24. The quantitative estimate of drug-likeness (QED) is 0.609. The highest BCUT2D eigenvalue weighted by Crippen LogP contribution is 2.14. The van der Waals surface area contributed by atoms with Gasteiger partial charge in [-0.25, -0.2) is 0 Å². The van der Waals surface area contributed by atoms with Gasteiger partial charge in [0.15, 0.2) is 11.6 Å². The molecular formula is C7H7N3O. The number of hydrogen-bond donors (Lipinski definition) is 0. The molecule has 0 radical (unpaired) electrons. The zero-order chi connectivity index (χ0) is 7.68. The highest BCUT2D eigenvalue weighted by molar-refractivity contribution is 5.45. The fourth-order valence-electron chi connectivity index (χ4n) is 0.912. The van der Waals surface area contributed by atoms with Crippen molar-refractivity contribution in [3.05, 3.63) is 24.7 Å². The topological polar surface area (TPSA) is 43.9 Å². The summed E-state index contributed by atoms with van der Waals surface area (Å²) in [6.45, 7) is 0. The van der Waals surface area contributed by atoms with Crippen LogP contribution in [0, 0.1) is 0 Å². The SMILES string of the molecule is Cn1cnnc1-c1ccco1. The summed E-state index contributed by atoms with van der Waals surface area (Å²) >= 11 is 0. The Hall–Kier alpha value is -1.58. The number of furan rings is 1. The van der Waals surface area contributed by atoms with Gasteiger partial charge in [0.1, 0.15) is 6.33 Å². The lowest BCUT2D eigenvalue weighted by Gasteiger charge is -1.92. The van der Waals surface area contributed by atoms with Crippen LogP contribution >= 0.6 is 0 Å². The molecular weight excluding hydrogens is 142 g/mol. The van der Waals surface area contributed by atoms with Crippen LogP contribution in [0.4, 0.5) is 0 Å². The van der Waals surface area contributed by atoms with E-state index in [1.54, 1.807) is 17.2 Å². The van der Waals surface area contributed by atoms with E-state index in [4.69, 9.17) is 4.42 Å². The summed E-state index contributed by atoms with van der Waals surface area (Å²) in [7, 11) is 1.87. The second kappa shape index (κ2) is 2.23. The van der Waals surface area contributed by atoms with Crippen molar-refractivity contribution in [1.29, 1.82) is 0 Å². The van der Waals surface area contributed by atoms with E-state index in [0.717, 1.165) is 11.6 Å². The average molecular weight is 149 g/mol. The molecule has 0 bridgehead atoms. The van der Waals surface area contributed by atoms with E-state index < -0.39 is 0 Å². The second-order valence-corrected chi connectivity index (χ2v) is 2.24. The van der Waals surface area contributed by atoms with Gasteiger partial charge in [-0.3, -0.25) is 0 Å². The van der Waals surface area contributed by atoms with Crippen LogP contribution in [0.3, 0.4) is 0 Å². The third-order valence-corrected chi connectivity index (χ3v) is 1.45. The molecule has 0 spiro atoms. The highest BCUT2D eigenvalue weighted by atomic mass is 16.3. The minimum Gasteiger partial charge on any atom is -0.461 e. The third kappa shape index (κ3) is 0.920. The predicted molar refractivity (Wildman–Crippen MR) is 38.7 cm³/mol. The van der Waals surface area contributed by atoms with Crippen LogP contribution in [0.15, 0.2) is 29.1 Å². The van der Waals surface area contributed by atoms with Crippen LogP contribution in [0.25, 0.3) is 11.6 Å². The van der Waals surface area contributed by atoms with Crippen molar-refractivity contribution in [2.24, 2.45) is 7.05 Å². The van der Waals surface area contributed by atoms with Crippen LogP contribution in [-0.4, -0.2) is 14.8 Å². The van der Waals surface area contributed by atoms with Gasteiger partial charge in [0.25, 0.3) is 0 Å². The van der Waals surface area contributed by atoms with Crippen molar-refractivity contribution in [3.8, 4) is 11.6 Å². The van der Waals surface area contributed by atoms with Gasteiger partial charge in [-0.05, 0) is 12.1 Å². The molecule has 56 valence electrons. The minimum atomic E-state index is 0.741. The molecule has 0 saturated carbocycles. The first kappa shape index (κ1) is 6.15. The van der Waals surface area contributed by atoms with E-state index in [-0.39, 0.29) is 0 Å². The zero-order valence-electron chi connectivity index (χ0n) is 6.06. The molecule has 2 aromatic rings. The van der Waals surface area contributed by atoms with Gasteiger partial charge in [0.05, 0.1) is 6.26 Å². The monoisotopic (exact) mass is 149 g/mol. The fraction of sp³-hybridized carbons (Fsp3) is 0.143. The van der Waals surface area contributed by atoms with Gasteiger partial charge >= 0.3 is 0 Å². The Morgan fingerprint density at radius 2 is 2.45 bits per heavy atom. The lowest BCUT2D eigenvalue weighted by atomic mass is 10.4. The lowest BCUT2D eigenvalue weighted by molar-refractivity contribution is 0.573. The summed E-state index contributed by atoms with van der Waals surface area (Å²) in [6, 6.07) is 3.67. The molecule has 0 atom stereocenters. The fourth-order valence-corrected chi connectivity index (χ4v) is 0.912. The van der Waals surface area contributed by atoms with E-state index in [1.807, 2.05) is 19.2 Å². The molecule has 0 unspecified atom stereocenters. The number of aryl methyl sites for hydroxylation is 1. The van der Waals surface area contributed by atoms with Crippen molar-refractivity contribution in [3.63, 3.8) is 0 Å². The molecule has 4 heteroatoms. The molecule has 0 saturated heterocycles.